The van der Waals surface area contributed by atoms with E-state index in [0.29, 0.717) is 0 Å². The topological polar surface area (TPSA) is 0 Å². The van der Waals surface area contributed by atoms with Gasteiger partial charge in [0.25, 0.3) is 0 Å². The van der Waals surface area contributed by atoms with E-state index in [2.05, 4.69) is 31.3 Å². The third-order valence-electron chi connectivity index (χ3n) is 1.66. The molecule has 1 rings (SSSR count). The molecular weight excluding hydrogens is 152 g/mol. The van der Waals surface area contributed by atoms with Gasteiger partial charge in [0.1, 0.15) is 0 Å². The Kier molecular flexibility index (Phi) is 3.24. The van der Waals surface area contributed by atoms with Gasteiger partial charge in [0.2, 0.25) is 0 Å². The monoisotopic (exact) mass is 164 g/mol. The van der Waals surface area contributed by atoms with Crippen LogP contribution in [0, 0.1) is 0 Å². The lowest BCUT2D eigenvalue weighted by molar-refractivity contribution is 1.16. The average Bonchev–Trinajstić information content (AvgIpc) is 2.06. The van der Waals surface area contributed by atoms with Crippen molar-refractivity contribution >= 4 is 18.7 Å². The summed E-state index contributed by atoms with van der Waals surface area (Å²) in [7, 11) is 0. The summed E-state index contributed by atoms with van der Waals surface area (Å²) in [6.07, 6.45) is 2.91. The number of benzene rings is 1. The molecule has 0 saturated carbocycles. The largest absolute Gasteiger partial charge is 0.179 e. The second-order valence-electron chi connectivity index (χ2n) is 2.38. The van der Waals surface area contributed by atoms with Gasteiger partial charge in [-0.2, -0.15) is 12.6 Å². The quantitative estimate of drug-likeness (QED) is 0.652. The Labute approximate surface area is 73.4 Å². The van der Waals surface area contributed by atoms with E-state index in [0.717, 1.165) is 12.2 Å². The Morgan fingerprint density at radius 1 is 1.36 bits per heavy atom. The molecule has 1 heteroatoms. The number of hydrogen-bond acceptors (Lipinski definition) is 1. The van der Waals surface area contributed by atoms with Crippen molar-refractivity contribution in [2.45, 2.75) is 6.42 Å². The Balaban J connectivity index is 2.92. The van der Waals surface area contributed by atoms with Crippen molar-refractivity contribution in [1.29, 1.82) is 0 Å². The first-order valence-corrected chi connectivity index (χ1v) is 4.33. The molecular formula is C10H12S. The van der Waals surface area contributed by atoms with Crippen molar-refractivity contribution in [3.05, 3.63) is 42.0 Å². The van der Waals surface area contributed by atoms with Crippen LogP contribution in [0.25, 0.3) is 6.08 Å². The predicted molar refractivity (Wildman–Crippen MR) is 54.1 cm³/mol. The van der Waals surface area contributed by atoms with Gasteiger partial charge in [-0.15, -0.1) is 0 Å². The van der Waals surface area contributed by atoms with E-state index in [9.17, 15) is 0 Å². The summed E-state index contributed by atoms with van der Waals surface area (Å²) in [5, 5.41) is 0. The van der Waals surface area contributed by atoms with Crippen molar-refractivity contribution in [3.8, 4) is 0 Å². The minimum Gasteiger partial charge on any atom is -0.179 e. The molecule has 0 N–H and O–H groups in total. The number of hydrogen-bond donors (Lipinski definition) is 1. The van der Waals surface area contributed by atoms with E-state index in [1.165, 1.54) is 11.1 Å². The molecule has 0 aromatic heterocycles. The van der Waals surface area contributed by atoms with Crippen LogP contribution in [0.2, 0.25) is 0 Å². The van der Waals surface area contributed by atoms with Crippen LogP contribution in [0.3, 0.4) is 0 Å². The van der Waals surface area contributed by atoms with Gasteiger partial charge in [-0.25, -0.2) is 0 Å². The molecule has 0 bridgehead atoms. The van der Waals surface area contributed by atoms with Crippen LogP contribution in [0.4, 0.5) is 0 Å². The van der Waals surface area contributed by atoms with Crippen molar-refractivity contribution in [1.82, 2.24) is 0 Å². The zero-order chi connectivity index (χ0) is 8.10. The van der Waals surface area contributed by atoms with Crippen LogP contribution in [0.5, 0.6) is 0 Å². The minimum absolute atomic E-state index is 0.894. The standard InChI is InChI=1S/C10H12S/c1-2-9-5-3-4-6-10(9)7-8-11/h2-6,11H,1,7-8H2. The van der Waals surface area contributed by atoms with Gasteiger partial charge >= 0.3 is 0 Å². The van der Waals surface area contributed by atoms with Crippen LogP contribution < -0.4 is 0 Å². The second-order valence-corrected chi connectivity index (χ2v) is 2.82. The molecule has 0 saturated heterocycles. The molecule has 1 aromatic rings. The molecule has 0 aliphatic carbocycles. The van der Waals surface area contributed by atoms with E-state index in [4.69, 9.17) is 0 Å². The van der Waals surface area contributed by atoms with Gasteiger partial charge in [-0.05, 0) is 23.3 Å². The zero-order valence-corrected chi connectivity index (χ0v) is 7.35. The second kappa shape index (κ2) is 4.24. The highest BCUT2D eigenvalue weighted by molar-refractivity contribution is 7.80. The molecule has 0 fully saturated rings. The summed E-state index contributed by atoms with van der Waals surface area (Å²) >= 11 is 4.18. The molecule has 0 aliphatic rings. The maximum atomic E-state index is 4.18. The Morgan fingerprint density at radius 3 is 2.73 bits per heavy atom. The lowest BCUT2D eigenvalue weighted by Gasteiger charge is -2.01. The summed E-state index contributed by atoms with van der Waals surface area (Å²) in [5.41, 5.74) is 2.55. The predicted octanol–water partition coefficient (Wildman–Crippen LogP) is 2.80. The molecule has 0 aliphatic heterocycles. The molecule has 0 heterocycles. The van der Waals surface area contributed by atoms with E-state index in [1.807, 2.05) is 18.2 Å². The first kappa shape index (κ1) is 8.41. The maximum absolute atomic E-state index is 4.18. The highest BCUT2D eigenvalue weighted by atomic mass is 32.1. The van der Waals surface area contributed by atoms with Crippen molar-refractivity contribution in [3.63, 3.8) is 0 Å². The van der Waals surface area contributed by atoms with Gasteiger partial charge in [0.05, 0.1) is 0 Å². The van der Waals surface area contributed by atoms with Gasteiger partial charge in [0, 0.05) is 0 Å². The van der Waals surface area contributed by atoms with E-state index < -0.39 is 0 Å². The maximum Gasteiger partial charge on any atom is -0.00571 e. The third kappa shape index (κ3) is 2.12. The summed E-state index contributed by atoms with van der Waals surface area (Å²) in [5.74, 6) is 0.894. The lowest BCUT2D eigenvalue weighted by Crippen LogP contribution is -1.88. The fraction of sp³-hybridized carbons (Fsp3) is 0.200. The van der Waals surface area contributed by atoms with Crippen molar-refractivity contribution < 1.29 is 0 Å². The smallest absolute Gasteiger partial charge is 0.00571 e. The fourth-order valence-corrected chi connectivity index (χ4v) is 1.32. The number of aryl methyl sites for hydroxylation is 1. The van der Waals surface area contributed by atoms with Gasteiger partial charge in [-0.1, -0.05) is 36.9 Å². The van der Waals surface area contributed by atoms with Gasteiger partial charge in [0.15, 0.2) is 0 Å². The summed E-state index contributed by atoms with van der Waals surface area (Å²) in [4.78, 5) is 0. The molecule has 0 unspecified atom stereocenters. The highest BCUT2D eigenvalue weighted by Crippen LogP contribution is 2.10. The first-order valence-electron chi connectivity index (χ1n) is 3.69. The molecule has 0 amide bonds. The minimum atomic E-state index is 0.894. The van der Waals surface area contributed by atoms with Crippen LogP contribution in [-0.4, -0.2) is 5.75 Å². The van der Waals surface area contributed by atoms with Crippen molar-refractivity contribution in [2.75, 3.05) is 5.75 Å². The van der Waals surface area contributed by atoms with Crippen LogP contribution >= 0.6 is 12.6 Å². The van der Waals surface area contributed by atoms with Gasteiger partial charge < -0.3 is 0 Å². The van der Waals surface area contributed by atoms with E-state index in [-0.39, 0.29) is 0 Å². The van der Waals surface area contributed by atoms with Gasteiger partial charge in [-0.3, -0.25) is 0 Å². The van der Waals surface area contributed by atoms with Crippen molar-refractivity contribution in [2.24, 2.45) is 0 Å². The normalized spacial score (nSPS) is 9.55. The number of rotatable bonds is 3. The lowest BCUT2D eigenvalue weighted by atomic mass is 10.1. The van der Waals surface area contributed by atoms with Crippen LogP contribution in [0.15, 0.2) is 30.8 Å². The Morgan fingerprint density at radius 2 is 2.09 bits per heavy atom. The fourth-order valence-electron chi connectivity index (χ4n) is 1.08. The molecule has 11 heavy (non-hydrogen) atoms. The molecule has 0 nitrogen and oxygen atoms in total. The molecule has 1 aromatic carbocycles. The SMILES string of the molecule is C=Cc1ccccc1CCS. The summed E-state index contributed by atoms with van der Waals surface area (Å²) < 4.78 is 0. The first-order chi connectivity index (χ1) is 5.38. The summed E-state index contributed by atoms with van der Waals surface area (Å²) in [6, 6.07) is 8.27. The van der Waals surface area contributed by atoms with E-state index in [1.54, 1.807) is 0 Å². The number of thiol groups is 1. The third-order valence-corrected chi connectivity index (χ3v) is 1.88. The van der Waals surface area contributed by atoms with Crippen LogP contribution in [0.1, 0.15) is 11.1 Å². The zero-order valence-electron chi connectivity index (χ0n) is 6.46. The summed E-state index contributed by atoms with van der Waals surface area (Å²) in [6.45, 7) is 3.75. The molecule has 0 atom stereocenters. The Hall–Kier alpha value is -0.690. The average molecular weight is 164 g/mol. The van der Waals surface area contributed by atoms with Crippen LogP contribution in [-0.2, 0) is 6.42 Å². The highest BCUT2D eigenvalue weighted by Gasteiger charge is 1.94. The molecule has 58 valence electrons. The van der Waals surface area contributed by atoms with E-state index >= 15 is 0 Å². The molecule has 0 radical (unpaired) electrons. The molecule has 0 spiro atoms. The Bertz CT molecular complexity index is 240.